The molecule has 21 heavy (non-hydrogen) atoms. The van der Waals surface area contributed by atoms with Crippen LogP contribution < -0.4 is 5.32 Å². The van der Waals surface area contributed by atoms with Crippen molar-refractivity contribution >= 4 is 10.9 Å². The Labute approximate surface area is 124 Å². The van der Waals surface area contributed by atoms with Crippen molar-refractivity contribution in [3.63, 3.8) is 0 Å². The van der Waals surface area contributed by atoms with Gasteiger partial charge in [-0.15, -0.1) is 10.2 Å². The monoisotopic (exact) mass is 281 g/mol. The van der Waals surface area contributed by atoms with Crippen LogP contribution in [0.15, 0.2) is 36.5 Å². The molecule has 3 aromatic rings. The maximum absolute atomic E-state index is 4.48. The van der Waals surface area contributed by atoms with Gasteiger partial charge in [-0.3, -0.25) is 4.98 Å². The second kappa shape index (κ2) is 6.01. The predicted octanol–water partition coefficient (Wildman–Crippen LogP) is 2.00. The Kier molecular flexibility index (Phi) is 3.92. The summed E-state index contributed by atoms with van der Waals surface area (Å²) >= 11 is 0. The van der Waals surface area contributed by atoms with Gasteiger partial charge in [0.1, 0.15) is 11.6 Å². The van der Waals surface area contributed by atoms with Crippen LogP contribution in [0.1, 0.15) is 17.2 Å². The van der Waals surface area contributed by atoms with E-state index in [1.54, 1.807) is 0 Å². The molecule has 0 radical (unpaired) electrons. The zero-order valence-electron chi connectivity index (χ0n) is 12.4. The Balaban J connectivity index is 1.61. The van der Waals surface area contributed by atoms with Gasteiger partial charge in [-0.25, -0.2) is 0 Å². The molecule has 108 valence electrons. The number of aryl methyl sites for hydroxylation is 1. The van der Waals surface area contributed by atoms with Crippen molar-refractivity contribution in [1.82, 2.24) is 25.1 Å². The standard InChI is InChI=1S/C16H19N5/c1-12-19-20-15(21(12)2)11-17-10-8-14-6-3-5-13-7-4-9-18-16(13)14/h3-7,9,17H,8,10-11H2,1-2H3. The summed E-state index contributed by atoms with van der Waals surface area (Å²) in [4.78, 5) is 4.48. The number of rotatable bonds is 5. The highest BCUT2D eigenvalue weighted by molar-refractivity contribution is 5.81. The van der Waals surface area contributed by atoms with E-state index in [0.29, 0.717) is 0 Å². The van der Waals surface area contributed by atoms with E-state index in [4.69, 9.17) is 0 Å². The molecule has 0 aliphatic heterocycles. The van der Waals surface area contributed by atoms with Crippen LogP contribution >= 0.6 is 0 Å². The van der Waals surface area contributed by atoms with Crippen molar-refractivity contribution in [1.29, 1.82) is 0 Å². The first kappa shape index (κ1) is 13.7. The van der Waals surface area contributed by atoms with E-state index in [2.05, 4.69) is 44.8 Å². The fraction of sp³-hybridized carbons (Fsp3) is 0.312. The van der Waals surface area contributed by atoms with Gasteiger partial charge in [0.25, 0.3) is 0 Å². The molecule has 0 spiro atoms. The summed E-state index contributed by atoms with van der Waals surface area (Å²) in [5, 5.41) is 12.8. The Morgan fingerprint density at radius 3 is 2.81 bits per heavy atom. The van der Waals surface area contributed by atoms with E-state index >= 15 is 0 Å². The van der Waals surface area contributed by atoms with Gasteiger partial charge in [0.05, 0.1) is 12.1 Å². The summed E-state index contributed by atoms with van der Waals surface area (Å²) in [6.07, 6.45) is 2.80. The van der Waals surface area contributed by atoms with Crippen molar-refractivity contribution in [3.05, 3.63) is 53.7 Å². The molecule has 5 nitrogen and oxygen atoms in total. The highest BCUT2D eigenvalue weighted by Crippen LogP contribution is 2.15. The molecule has 0 aliphatic rings. The zero-order chi connectivity index (χ0) is 14.7. The molecule has 5 heteroatoms. The van der Waals surface area contributed by atoms with Gasteiger partial charge in [0.2, 0.25) is 0 Å². The maximum Gasteiger partial charge on any atom is 0.146 e. The van der Waals surface area contributed by atoms with E-state index in [1.807, 2.05) is 30.8 Å². The summed E-state index contributed by atoms with van der Waals surface area (Å²) in [6, 6.07) is 10.4. The van der Waals surface area contributed by atoms with Crippen molar-refractivity contribution < 1.29 is 0 Å². The summed E-state index contributed by atoms with van der Waals surface area (Å²) in [5.41, 5.74) is 2.37. The lowest BCUT2D eigenvalue weighted by molar-refractivity contribution is 0.634. The number of nitrogens with one attached hydrogen (secondary N) is 1. The number of para-hydroxylation sites is 1. The quantitative estimate of drug-likeness (QED) is 0.727. The Morgan fingerprint density at radius 2 is 2.00 bits per heavy atom. The Morgan fingerprint density at radius 1 is 1.14 bits per heavy atom. The van der Waals surface area contributed by atoms with Crippen molar-refractivity contribution in [2.45, 2.75) is 19.9 Å². The number of pyridine rings is 1. The van der Waals surface area contributed by atoms with E-state index in [-0.39, 0.29) is 0 Å². The molecule has 0 bridgehead atoms. The lowest BCUT2D eigenvalue weighted by Gasteiger charge is -2.07. The van der Waals surface area contributed by atoms with Gasteiger partial charge < -0.3 is 9.88 Å². The van der Waals surface area contributed by atoms with E-state index in [0.717, 1.165) is 36.7 Å². The van der Waals surface area contributed by atoms with E-state index < -0.39 is 0 Å². The Hall–Kier alpha value is -2.27. The molecule has 3 rings (SSSR count). The lowest BCUT2D eigenvalue weighted by atomic mass is 10.1. The number of fused-ring (bicyclic) bond motifs is 1. The second-order valence-corrected chi connectivity index (χ2v) is 5.14. The number of benzene rings is 1. The molecule has 1 N–H and O–H groups in total. The van der Waals surface area contributed by atoms with Crippen molar-refractivity contribution in [3.8, 4) is 0 Å². The fourth-order valence-electron chi connectivity index (χ4n) is 2.40. The van der Waals surface area contributed by atoms with Gasteiger partial charge in [-0.2, -0.15) is 0 Å². The Bertz CT molecular complexity index is 742. The number of hydrogen-bond donors (Lipinski definition) is 1. The van der Waals surface area contributed by atoms with Crippen molar-refractivity contribution in [2.75, 3.05) is 6.54 Å². The number of hydrogen-bond acceptors (Lipinski definition) is 4. The van der Waals surface area contributed by atoms with Crippen LogP contribution in [0.25, 0.3) is 10.9 Å². The van der Waals surface area contributed by atoms with Crippen LogP contribution in [0, 0.1) is 6.92 Å². The molecule has 0 aliphatic carbocycles. The second-order valence-electron chi connectivity index (χ2n) is 5.14. The number of aromatic nitrogens is 4. The van der Waals surface area contributed by atoms with Gasteiger partial charge in [-0.05, 0) is 31.5 Å². The predicted molar refractivity (Wildman–Crippen MR) is 82.9 cm³/mol. The molecule has 0 saturated carbocycles. The molecular formula is C16H19N5. The molecule has 0 fully saturated rings. The first-order valence-corrected chi connectivity index (χ1v) is 7.14. The van der Waals surface area contributed by atoms with Gasteiger partial charge in [0.15, 0.2) is 0 Å². The topological polar surface area (TPSA) is 55.6 Å². The first-order chi connectivity index (χ1) is 10.3. The first-order valence-electron chi connectivity index (χ1n) is 7.14. The van der Waals surface area contributed by atoms with Gasteiger partial charge in [-0.1, -0.05) is 24.3 Å². The van der Waals surface area contributed by atoms with Crippen LogP contribution in [0.4, 0.5) is 0 Å². The van der Waals surface area contributed by atoms with Crippen LogP contribution in [0.5, 0.6) is 0 Å². The minimum atomic E-state index is 0.732. The average molecular weight is 281 g/mol. The molecule has 1 aromatic carbocycles. The normalized spacial score (nSPS) is 11.1. The summed E-state index contributed by atoms with van der Waals surface area (Å²) in [6.45, 7) is 3.58. The summed E-state index contributed by atoms with van der Waals surface area (Å²) in [7, 11) is 1.99. The van der Waals surface area contributed by atoms with Crippen LogP contribution in [-0.4, -0.2) is 26.3 Å². The summed E-state index contributed by atoms with van der Waals surface area (Å²) < 4.78 is 2.01. The molecule has 0 amide bonds. The largest absolute Gasteiger partial charge is 0.317 e. The minimum absolute atomic E-state index is 0.732. The molecule has 2 heterocycles. The van der Waals surface area contributed by atoms with E-state index in [1.165, 1.54) is 10.9 Å². The summed E-state index contributed by atoms with van der Waals surface area (Å²) in [5.74, 6) is 1.90. The third kappa shape index (κ3) is 2.92. The fourth-order valence-corrected chi connectivity index (χ4v) is 2.40. The minimum Gasteiger partial charge on any atom is -0.317 e. The van der Waals surface area contributed by atoms with Crippen molar-refractivity contribution in [2.24, 2.45) is 7.05 Å². The smallest absolute Gasteiger partial charge is 0.146 e. The third-order valence-corrected chi connectivity index (χ3v) is 3.75. The van der Waals surface area contributed by atoms with Gasteiger partial charge >= 0.3 is 0 Å². The van der Waals surface area contributed by atoms with Crippen LogP contribution in [0.2, 0.25) is 0 Å². The van der Waals surface area contributed by atoms with Crippen LogP contribution in [-0.2, 0) is 20.0 Å². The molecular weight excluding hydrogens is 262 g/mol. The number of nitrogens with zero attached hydrogens (tertiary/aromatic N) is 4. The van der Waals surface area contributed by atoms with E-state index in [9.17, 15) is 0 Å². The molecule has 0 saturated heterocycles. The highest BCUT2D eigenvalue weighted by atomic mass is 15.3. The zero-order valence-corrected chi connectivity index (χ0v) is 12.4. The van der Waals surface area contributed by atoms with Gasteiger partial charge in [0, 0.05) is 18.6 Å². The molecule has 0 atom stereocenters. The van der Waals surface area contributed by atoms with Crippen LogP contribution in [0.3, 0.4) is 0 Å². The molecule has 2 aromatic heterocycles. The maximum atomic E-state index is 4.48. The average Bonchev–Trinajstić information content (AvgIpc) is 2.83. The third-order valence-electron chi connectivity index (χ3n) is 3.75. The molecule has 0 unspecified atom stereocenters. The SMILES string of the molecule is Cc1nnc(CNCCc2cccc3cccnc23)n1C. The lowest BCUT2D eigenvalue weighted by Crippen LogP contribution is -2.19. The highest BCUT2D eigenvalue weighted by Gasteiger charge is 2.05.